The van der Waals surface area contributed by atoms with Crippen molar-refractivity contribution in [1.82, 2.24) is 19.7 Å². The fourth-order valence-electron chi connectivity index (χ4n) is 2.97. The van der Waals surface area contributed by atoms with Crippen molar-refractivity contribution in [2.45, 2.75) is 33.7 Å². The van der Waals surface area contributed by atoms with Gasteiger partial charge in [0, 0.05) is 6.54 Å². The van der Waals surface area contributed by atoms with Crippen LogP contribution < -0.4 is 16.6 Å². The number of hydrogen-bond donors (Lipinski definition) is 1. The number of nitrogens with zero attached hydrogens (tertiary/aromatic N) is 3. The van der Waals surface area contributed by atoms with Crippen molar-refractivity contribution in [3.8, 4) is 5.69 Å². The molecule has 29 heavy (non-hydrogen) atoms. The maximum Gasteiger partial charge on any atom is 0.352 e. The lowest BCUT2D eigenvalue weighted by Crippen LogP contribution is -2.46. The summed E-state index contributed by atoms with van der Waals surface area (Å²) in [5, 5.41) is 6.77. The molecule has 0 atom stereocenters. The number of aryl methyl sites for hydroxylation is 2. The summed E-state index contributed by atoms with van der Waals surface area (Å²) >= 11 is 0. The molecule has 150 valence electrons. The van der Waals surface area contributed by atoms with E-state index in [2.05, 4.69) is 10.4 Å². The maximum absolute atomic E-state index is 13.1. The molecule has 0 saturated carbocycles. The van der Waals surface area contributed by atoms with Gasteiger partial charge in [0.1, 0.15) is 0 Å². The average Bonchev–Trinajstić information content (AvgIpc) is 2.70. The first-order chi connectivity index (χ1) is 13.9. The van der Waals surface area contributed by atoms with Crippen LogP contribution in [0.25, 0.3) is 5.69 Å². The van der Waals surface area contributed by atoms with Crippen LogP contribution in [-0.2, 0) is 6.54 Å². The molecule has 0 aliphatic carbocycles. The van der Waals surface area contributed by atoms with Gasteiger partial charge in [0.25, 0.3) is 11.5 Å². The minimum absolute atomic E-state index is 0.0573. The van der Waals surface area contributed by atoms with Crippen molar-refractivity contribution < 1.29 is 4.79 Å². The quantitative estimate of drug-likeness (QED) is 0.697. The fraction of sp³-hybridized carbons (Fsp3) is 0.273. The maximum atomic E-state index is 13.1. The average molecular weight is 392 g/mol. The molecule has 2 aromatic carbocycles. The Morgan fingerprint density at radius 3 is 2.41 bits per heavy atom. The molecule has 3 aromatic rings. The number of nitrogens with one attached hydrogen (secondary N) is 1. The molecule has 1 aromatic heterocycles. The van der Waals surface area contributed by atoms with E-state index in [1.807, 2.05) is 57.2 Å². The Morgan fingerprint density at radius 2 is 1.76 bits per heavy atom. The summed E-state index contributed by atoms with van der Waals surface area (Å²) in [4.78, 5) is 38.6. The second-order valence-electron chi connectivity index (χ2n) is 7.01. The zero-order valence-corrected chi connectivity index (χ0v) is 16.8. The zero-order valence-electron chi connectivity index (χ0n) is 16.8. The third-order valence-corrected chi connectivity index (χ3v) is 4.51. The predicted octanol–water partition coefficient (Wildman–Crippen LogP) is 2.20. The first-order valence-corrected chi connectivity index (χ1v) is 9.55. The van der Waals surface area contributed by atoms with Crippen LogP contribution in [0.2, 0.25) is 0 Å². The summed E-state index contributed by atoms with van der Waals surface area (Å²) in [7, 11) is 0. The minimum Gasteiger partial charge on any atom is -0.350 e. The van der Waals surface area contributed by atoms with Gasteiger partial charge in [-0.15, -0.1) is 0 Å². The van der Waals surface area contributed by atoms with Gasteiger partial charge in [-0.2, -0.15) is 9.78 Å². The van der Waals surface area contributed by atoms with Crippen molar-refractivity contribution >= 4 is 5.91 Å². The molecule has 7 nitrogen and oxygen atoms in total. The van der Waals surface area contributed by atoms with Gasteiger partial charge in [0.15, 0.2) is 0 Å². The van der Waals surface area contributed by atoms with Crippen LogP contribution in [0.5, 0.6) is 0 Å². The lowest BCUT2D eigenvalue weighted by atomic mass is 10.1. The van der Waals surface area contributed by atoms with Crippen LogP contribution in [0.15, 0.2) is 58.1 Å². The highest BCUT2D eigenvalue weighted by Gasteiger charge is 2.20. The van der Waals surface area contributed by atoms with E-state index in [4.69, 9.17) is 0 Å². The molecule has 0 radical (unpaired) electrons. The van der Waals surface area contributed by atoms with Crippen LogP contribution in [0.4, 0.5) is 0 Å². The van der Waals surface area contributed by atoms with E-state index in [9.17, 15) is 14.4 Å². The Morgan fingerprint density at radius 1 is 1.03 bits per heavy atom. The molecule has 0 saturated heterocycles. The van der Waals surface area contributed by atoms with Crippen LogP contribution in [0.1, 0.15) is 40.5 Å². The molecule has 0 unspecified atom stereocenters. The van der Waals surface area contributed by atoms with Crippen LogP contribution in [0.3, 0.4) is 0 Å². The summed E-state index contributed by atoms with van der Waals surface area (Å²) < 4.78 is 2.17. The molecule has 0 aliphatic heterocycles. The molecular formula is C22H24N4O3. The summed E-state index contributed by atoms with van der Waals surface area (Å²) in [6.07, 6.45) is 0.723. The monoisotopic (exact) mass is 392 g/mol. The number of hydrogen-bond acceptors (Lipinski definition) is 4. The zero-order chi connectivity index (χ0) is 21.0. The minimum atomic E-state index is -0.700. The van der Waals surface area contributed by atoms with Crippen molar-refractivity contribution in [3.05, 3.63) is 91.8 Å². The summed E-state index contributed by atoms with van der Waals surface area (Å²) in [5.41, 5.74) is 1.74. The topological polar surface area (TPSA) is 86.0 Å². The second kappa shape index (κ2) is 8.68. The highest BCUT2D eigenvalue weighted by Crippen LogP contribution is 2.07. The summed E-state index contributed by atoms with van der Waals surface area (Å²) in [5.74, 6) is -0.587. The SMILES string of the molecule is CCCNC(=O)c1nn(-c2ccc(C)cc2)c(=O)n(Cc2cccc(C)c2)c1=O. The Labute approximate surface area is 168 Å². The van der Waals surface area contributed by atoms with Crippen molar-refractivity contribution in [2.75, 3.05) is 6.54 Å². The summed E-state index contributed by atoms with van der Waals surface area (Å²) in [6.45, 7) is 6.26. The van der Waals surface area contributed by atoms with E-state index in [1.54, 1.807) is 12.1 Å². The van der Waals surface area contributed by atoms with Crippen LogP contribution in [-0.4, -0.2) is 26.8 Å². The van der Waals surface area contributed by atoms with E-state index in [-0.39, 0.29) is 12.2 Å². The van der Waals surface area contributed by atoms with E-state index >= 15 is 0 Å². The van der Waals surface area contributed by atoms with Gasteiger partial charge in [0.05, 0.1) is 12.2 Å². The van der Waals surface area contributed by atoms with Crippen molar-refractivity contribution in [1.29, 1.82) is 0 Å². The van der Waals surface area contributed by atoms with Gasteiger partial charge >= 0.3 is 5.69 Å². The van der Waals surface area contributed by atoms with Crippen molar-refractivity contribution in [3.63, 3.8) is 0 Å². The summed E-state index contributed by atoms with van der Waals surface area (Å²) in [6, 6.07) is 14.7. The van der Waals surface area contributed by atoms with E-state index in [0.29, 0.717) is 12.2 Å². The van der Waals surface area contributed by atoms with Gasteiger partial charge in [0.2, 0.25) is 5.69 Å². The standard InChI is InChI=1S/C22H24N4O3/c1-4-12-23-20(27)19-21(28)25(14-17-7-5-6-16(3)13-17)22(29)26(24-19)18-10-8-15(2)9-11-18/h5-11,13H,4,12,14H2,1-3H3,(H,23,27). The molecule has 0 bridgehead atoms. The predicted molar refractivity (Wildman–Crippen MR) is 112 cm³/mol. The van der Waals surface area contributed by atoms with E-state index < -0.39 is 17.2 Å². The molecule has 0 fully saturated rings. The first kappa shape index (κ1) is 20.3. The third-order valence-electron chi connectivity index (χ3n) is 4.51. The molecule has 0 spiro atoms. The molecule has 7 heteroatoms. The van der Waals surface area contributed by atoms with Gasteiger partial charge < -0.3 is 5.32 Å². The molecule has 3 rings (SSSR count). The highest BCUT2D eigenvalue weighted by molar-refractivity contribution is 5.91. The second-order valence-corrected chi connectivity index (χ2v) is 7.01. The molecule has 0 aliphatic rings. The Balaban J connectivity index is 2.18. The van der Waals surface area contributed by atoms with E-state index in [1.165, 1.54) is 0 Å². The van der Waals surface area contributed by atoms with Gasteiger partial charge in [-0.1, -0.05) is 54.4 Å². The first-order valence-electron chi connectivity index (χ1n) is 9.55. The van der Waals surface area contributed by atoms with E-state index in [0.717, 1.165) is 32.4 Å². The smallest absolute Gasteiger partial charge is 0.350 e. The highest BCUT2D eigenvalue weighted by atomic mass is 16.2. The largest absolute Gasteiger partial charge is 0.352 e. The fourth-order valence-corrected chi connectivity index (χ4v) is 2.97. The molecule has 1 amide bonds. The Bertz CT molecular complexity index is 1140. The van der Waals surface area contributed by atoms with Crippen LogP contribution >= 0.6 is 0 Å². The number of rotatable bonds is 6. The van der Waals surface area contributed by atoms with Crippen molar-refractivity contribution in [2.24, 2.45) is 0 Å². The number of carbonyl (C=O) groups excluding carboxylic acids is 1. The lowest BCUT2D eigenvalue weighted by Gasteiger charge is -2.12. The van der Waals surface area contributed by atoms with Gasteiger partial charge in [-0.05, 0) is 38.0 Å². The lowest BCUT2D eigenvalue weighted by molar-refractivity contribution is 0.0944. The molecular weight excluding hydrogens is 368 g/mol. The number of aromatic nitrogens is 3. The normalized spacial score (nSPS) is 10.7. The molecule has 1 heterocycles. The van der Waals surface area contributed by atoms with Gasteiger partial charge in [-0.25, -0.2) is 4.79 Å². The number of benzene rings is 2. The van der Waals surface area contributed by atoms with Crippen LogP contribution in [0, 0.1) is 13.8 Å². The molecule has 1 N–H and O–H groups in total. The van der Waals surface area contributed by atoms with Gasteiger partial charge in [-0.3, -0.25) is 14.2 Å². The third kappa shape index (κ3) is 4.51. The Kier molecular flexibility index (Phi) is 6.07. The number of amides is 1. The Hall–Kier alpha value is -3.48. The number of carbonyl (C=O) groups is 1.